The summed E-state index contributed by atoms with van der Waals surface area (Å²) in [5, 5.41) is 0. The van der Waals surface area contributed by atoms with Crippen molar-refractivity contribution in [1.82, 2.24) is 0 Å². The summed E-state index contributed by atoms with van der Waals surface area (Å²) in [6.45, 7) is 14.9. The number of hydrogen-bond donors (Lipinski definition) is 0. The van der Waals surface area contributed by atoms with Crippen LogP contribution >= 0.6 is 0 Å². The van der Waals surface area contributed by atoms with E-state index in [0.29, 0.717) is 11.8 Å². The highest BCUT2D eigenvalue weighted by molar-refractivity contribution is 5.91. The molecule has 1 spiro atoms. The SMILES string of the molecule is C[C@@H]1CC[C@H]2C(=O)[C@H](OC(=O)C(C)(C)C)[C@]3(C)CC[C@]45O[C@@]4(C)CCC1[C@@]2(C)[C@H]35. The summed E-state index contributed by atoms with van der Waals surface area (Å²) in [5.74, 6) is 1.40. The van der Waals surface area contributed by atoms with Gasteiger partial charge in [0.25, 0.3) is 0 Å². The molecule has 0 aromatic heterocycles. The van der Waals surface area contributed by atoms with E-state index in [-0.39, 0.29) is 45.6 Å². The zero-order chi connectivity index (χ0) is 21.2. The molecular weight excluding hydrogens is 364 g/mol. The monoisotopic (exact) mass is 402 g/mol. The van der Waals surface area contributed by atoms with Crippen LogP contribution in [0.1, 0.15) is 87.0 Å². The van der Waals surface area contributed by atoms with Crippen LogP contribution in [0.4, 0.5) is 0 Å². The number of rotatable bonds is 1. The Morgan fingerprint density at radius 3 is 2.41 bits per heavy atom. The quantitative estimate of drug-likeness (QED) is 0.461. The van der Waals surface area contributed by atoms with E-state index in [9.17, 15) is 9.59 Å². The molecule has 1 heterocycles. The molecule has 1 saturated heterocycles. The van der Waals surface area contributed by atoms with Crippen LogP contribution in [0.15, 0.2) is 0 Å². The third-order valence-corrected chi connectivity index (χ3v) is 10.2. The van der Waals surface area contributed by atoms with Gasteiger partial charge in [0.2, 0.25) is 0 Å². The molecule has 9 atom stereocenters. The van der Waals surface area contributed by atoms with Gasteiger partial charge in [-0.25, -0.2) is 0 Å². The second-order valence-electron chi connectivity index (χ2n) is 12.7. The van der Waals surface area contributed by atoms with Crippen LogP contribution < -0.4 is 0 Å². The first-order valence-electron chi connectivity index (χ1n) is 11.8. The van der Waals surface area contributed by atoms with E-state index >= 15 is 0 Å². The van der Waals surface area contributed by atoms with Crippen LogP contribution in [0.25, 0.3) is 0 Å². The van der Waals surface area contributed by atoms with Gasteiger partial charge in [0.15, 0.2) is 11.9 Å². The van der Waals surface area contributed by atoms with Crippen molar-refractivity contribution >= 4 is 11.8 Å². The molecule has 0 amide bonds. The summed E-state index contributed by atoms with van der Waals surface area (Å²) < 4.78 is 12.7. The Bertz CT molecular complexity index is 782. The minimum atomic E-state index is -0.628. The van der Waals surface area contributed by atoms with Crippen molar-refractivity contribution < 1.29 is 19.1 Å². The van der Waals surface area contributed by atoms with E-state index in [2.05, 4.69) is 27.7 Å². The zero-order valence-corrected chi connectivity index (χ0v) is 19.3. The van der Waals surface area contributed by atoms with Gasteiger partial charge in [-0.15, -0.1) is 0 Å². The summed E-state index contributed by atoms with van der Waals surface area (Å²) in [6, 6.07) is 0. The summed E-state index contributed by atoms with van der Waals surface area (Å²) in [6.07, 6.45) is 5.55. The van der Waals surface area contributed by atoms with Crippen molar-refractivity contribution in [2.24, 2.45) is 39.9 Å². The number of Topliss-reactive ketones (excluding diaryl/α,β-unsaturated/α-hetero) is 1. The highest BCUT2D eigenvalue weighted by Crippen LogP contribution is 2.79. The van der Waals surface area contributed by atoms with Crippen LogP contribution in [0.2, 0.25) is 0 Å². The third kappa shape index (κ3) is 2.20. The number of carbonyl (C=O) groups is 2. The number of esters is 1. The molecule has 4 nitrogen and oxygen atoms in total. The molecule has 0 bridgehead atoms. The Labute approximate surface area is 175 Å². The Morgan fingerprint density at radius 1 is 1.07 bits per heavy atom. The Kier molecular flexibility index (Phi) is 3.78. The number of ether oxygens (including phenoxy) is 2. The van der Waals surface area contributed by atoms with Crippen molar-refractivity contribution in [1.29, 1.82) is 0 Å². The lowest BCUT2D eigenvalue weighted by Gasteiger charge is -2.62. The molecule has 1 aliphatic heterocycles. The fraction of sp³-hybridized carbons (Fsp3) is 0.920. The van der Waals surface area contributed by atoms with Gasteiger partial charge in [0, 0.05) is 17.3 Å². The summed E-state index contributed by atoms with van der Waals surface area (Å²) >= 11 is 0. The number of carbonyl (C=O) groups excluding carboxylic acids is 2. The molecule has 4 saturated carbocycles. The Morgan fingerprint density at radius 2 is 1.76 bits per heavy atom. The van der Waals surface area contributed by atoms with E-state index in [1.165, 1.54) is 0 Å². The first kappa shape index (κ1) is 20.0. The second-order valence-corrected chi connectivity index (χ2v) is 12.7. The van der Waals surface area contributed by atoms with Gasteiger partial charge in [-0.2, -0.15) is 0 Å². The lowest BCUT2D eigenvalue weighted by molar-refractivity contribution is -0.205. The summed E-state index contributed by atoms with van der Waals surface area (Å²) in [4.78, 5) is 26.8. The molecule has 0 radical (unpaired) electrons. The van der Waals surface area contributed by atoms with Crippen molar-refractivity contribution in [3.63, 3.8) is 0 Å². The molecule has 0 N–H and O–H groups in total. The van der Waals surface area contributed by atoms with Gasteiger partial charge in [-0.05, 0) is 83.5 Å². The average Bonchev–Trinajstić information content (AvgIpc) is 3.07. The number of epoxide rings is 1. The maximum absolute atomic E-state index is 14.0. The molecule has 1 unspecified atom stereocenters. The van der Waals surface area contributed by atoms with Gasteiger partial charge in [-0.3, -0.25) is 9.59 Å². The molecule has 29 heavy (non-hydrogen) atoms. The maximum atomic E-state index is 14.0. The van der Waals surface area contributed by atoms with E-state index in [1.54, 1.807) is 0 Å². The lowest BCUT2D eigenvalue weighted by atomic mass is 9.42. The molecule has 4 aliphatic carbocycles. The van der Waals surface area contributed by atoms with E-state index in [1.807, 2.05) is 20.8 Å². The zero-order valence-electron chi connectivity index (χ0n) is 19.3. The van der Waals surface area contributed by atoms with Crippen LogP contribution in [0, 0.1) is 39.9 Å². The number of hydrogen-bond acceptors (Lipinski definition) is 4. The van der Waals surface area contributed by atoms with Gasteiger partial charge in [0.05, 0.1) is 11.0 Å². The van der Waals surface area contributed by atoms with Crippen molar-refractivity contribution in [2.45, 2.75) is 104 Å². The highest BCUT2D eigenvalue weighted by Gasteiger charge is 2.84. The largest absolute Gasteiger partial charge is 0.453 e. The van der Waals surface area contributed by atoms with Crippen LogP contribution in [-0.4, -0.2) is 29.1 Å². The van der Waals surface area contributed by atoms with Gasteiger partial charge in [0.1, 0.15) is 5.60 Å². The van der Waals surface area contributed by atoms with Gasteiger partial charge >= 0.3 is 5.97 Å². The fourth-order valence-electron chi connectivity index (χ4n) is 8.78. The first-order chi connectivity index (χ1) is 13.3. The number of ketones is 1. The van der Waals surface area contributed by atoms with Crippen LogP contribution in [-0.2, 0) is 19.1 Å². The normalized spacial score (nSPS) is 55.6. The van der Waals surface area contributed by atoms with E-state index in [4.69, 9.17) is 9.47 Å². The molecule has 0 aromatic rings. The standard InChI is InChI=1S/C25H38O4/c1-14-8-9-16-17(26)18(28-20(27)21(2,3)4)22(5)12-13-25-19(22)24(16,7)15(14)10-11-23(25,6)29-25/h14-16,18-19H,8-13H2,1-7H3/t14-,15?,16+,18+,19+,22+,23+,24-,25-/m1/s1. The van der Waals surface area contributed by atoms with Gasteiger partial charge < -0.3 is 9.47 Å². The average molecular weight is 403 g/mol. The Balaban J connectivity index is 1.65. The van der Waals surface area contributed by atoms with Crippen molar-refractivity contribution in [2.75, 3.05) is 0 Å². The van der Waals surface area contributed by atoms with Crippen LogP contribution in [0.5, 0.6) is 0 Å². The minimum Gasteiger partial charge on any atom is -0.453 e. The molecular formula is C25H38O4. The molecule has 5 fully saturated rings. The first-order valence-corrected chi connectivity index (χ1v) is 11.8. The molecule has 5 aliphatic rings. The van der Waals surface area contributed by atoms with E-state index < -0.39 is 11.5 Å². The third-order valence-electron chi connectivity index (χ3n) is 10.2. The molecule has 162 valence electrons. The Hall–Kier alpha value is -0.900. The fourth-order valence-corrected chi connectivity index (χ4v) is 8.78. The van der Waals surface area contributed by atoms with Crippen molar-refractivity contribution in [3.8, 4) is 0 Å². The molecule has 5 rings (SSSR count). The molecule has 4 heteroatoms. The maximum Gasteiger partial charge on any atom is 0.311 e. The van der Waals surface area contributed by atoms with Crippen LogP contribution in [0.3, 0.4) is 0 Å². The lowest BCUT2D eigenvalue weighted by Crippen LogP contribution is -2.66. The topological polar surface area (TPSA) is 55.9 Å². The van der Waals surface area contributed by atoms with Crippen molar-refractivity contribution in [3.05, 3.63) is 0 Å². The van der Waals surface area contributed by atoms with E-state index in [0.717, 1.165) is 38.5 Å². The predicted octanol–water partition coefficient (Wildman–Crippen LogP) is 4.93. The van der Waals surface area contributed by atoms with Gasteiger partial charge in [-0.1, -0.05) is 20.8 Å². The summed E-state index contributed by atoms with van der Waals surface area (Å²) in [5.41, 5.74) is -1.20. The second kappa shape index (κ2) is 5.47. The summed E-state index contributed by atoms with van der Waals surface area (Å²) in [7, 11) is 0. The minimum absolute atomic E-state index is 0.0129. The molecule has 0 aromatic carbocycles. The smallest absolute Gasteiger partial charge is 0.311 e. The predicted molar refractivity (Wildman–Crippen MR) is 110 cm³/mol. The highest BCUT2D eigenvalue weighted by atomic mass is 16.6.